The first-order chi connectivity index (χ1) is 14.4. The molecule has 1 saturated heterocycles. The minimum atomic E-state index is -3.53. The van der Waals surface area contributed by atoms with Crippen molar-refractivity contribution in [3.05, 3.63) is 24.3 Å². The summed E-state index contributed by atoms with van der Waals surface area (Å²) in [5.41, 5.74) is 0.548. The van der Waals surface area contributed by atoms with Gasteiger partial charge in [-0.15, -0.1) is 0 Å². The zero-order valence-corrected chi connectivity index (χ0v) is 18.9. The molecule has 3 N–H and O–H groups in total. The number of hydrogen-bond donors (Lipinski definition) is 3. The maximum atomic E-state index is 13.1. The quantitative estimate of drug-likeness (QED) is 0.578. The predicted molar refractivity (Wildman–Crippen MR) is 121 cm³/mol. The van der Waals surface area contributed by atoms with Crippen LogP contribution in [0.3, 0.4) is 0 Å². The molecule has 4 aliphatic carbocycles. The highest BCUT2D eigenvalue weighted by atomic mass is 32.2. The molecular weight excluding hydrogens is 418 g/mol. The van der Waals surface area contributed by atoms with Crippen LogP contribution in [0.15, 0.2) is 29.2 Å². The molecule has 6 rings (SSSR count). The van der Waals surface area contributed by atoms with E-state index in [0.29, 0.717) is 34.3 Å². The van der Waals surface area contributed by atoms with Gasteiger partial charge in [0.1, 0.15) is 0 Å². The van der Waals surface area contributed by atoms with Gasteiger partial charge in [0, 0.05) is 24.4 Å². The fourth-order valence-corrected chi connectivity index (χ4v) is 8.12. The fourth-order valence-electron chi connectivity index (χ4n) is 6.48. The van der Waals surface area contributed by atoms with E-state index in [-0.39, 0.29) is 11.6 Å². The number of sulfonamides is 1. The third kappa shape index (κ3) is 4.38. The number of benzene rings is 1. The summed E-state index contributed by atoms with van der Waals surface area (Å²) < 4.78 is 34.9. The summed E-state index contributed by atoms with van der Waals surface area (Å²) in [7, 11) is -3.53. The molecule has 6 nitrogen and oxygen atoms in total. The summed E-state index contributed by atoms with van der Waals surface area (Å²) in [5.74, 6) is 2.11. The van der Waals surface area contributed by atoms with Crippen LogP contribution in [-0.2, 0) is 14.8 Å². The van der Waals surface area contributed by atoms with Crippen LogP contribution in [0.25, 0.3) is 0 Å². The molecule has 164 valence electrons. The molecular formula is C22H31N3O3S2. The summed E-state index contributed by atoms with van der Waals surface area (Å²) in [6, 6.07) is 6.87. The highest BCUT2D eigenvalue weighted by molar-refractivity contribution is 7.89. The van der Waals surface area contributed by atoms with E-state index in [1.54, 1.807) is 24.3 Å². The van der Waals surface area contributed by atoms with Gasteiger partial charge in [-0.2, -0.15) is 0 Å². The normalized spacial score (nSPS) is 34.8. The van der Waals surface area contributed by atoms with E-state index in [2.05, 4.69) is 15.4 Å². The predicted octanol–water partition coefficient (Wildman–Crippen LogP) is 3.40. The monoisotopic (exact) mass is 449 g/mol. The Bertz CT molecular complexity index is 859. The lowest BCUT2D eigenvalue weighted by Gasteiger charge is -2.56. The molecule has 8 heteroatoms. The van der Waals surface area contributed by atoms with Crippen LogP contribution in [0.5, 0.6) is 0 Å². The molecule has 0 amide bonds. The van der Waals surface area contributed by atoms with E-state index in [9.17, 15) is 8.42 Å². The lowest BCUT2D eigenvalue weighted by atomic mass is 9.53. The SMILES string of the molecule is O=S(=O)(NC12CC3CC(CC(C3)C1)C2)c1ccc(NC(=S)NCC2CCCO2)cc1. The summed E-state index contributed by atoms with van der Waals surface area (Å²) in [5, 5.41) is 6.81. The maximum Gasteiger partial charge on any atom is 0.241 e. The molecule has 5 aliphatic rings. The van der Waals surface area contributed by atoms with Crippen molar-refractivity contribution in [2.45, 2.75) is 67.9 Å². The summed E-state index contributed by atoms with van der Waals surface area (Å²) in [4.78, 5) is 0.321. The molecule has 4 saturated carbocycles. The van der Waals surface area contributed by atoms with Crippen LogP contribution in [0.1, 0.15) is 51.4 Å². The fraction of sp³-hybridized carbons (Fsp3) is 0.682. The van der Waals surface area contributed by atoms with E-state index in [1.807, 2.05) is 0 Å². The van der Waals surface area contributed by atoms with Crippen molar-refractivity contribution in [1.29, 1.82) is 0 Å². The van der Waals surface area contributed by atoms with E-state index < -0.39 is 10.0 Å². The van der Waals surface area contributed by atoms with E-state index in [4.69, 9.17) is 17.0 Å². The molecule has 1 aromatic carbocycles. The molecule has 5 fully saturated rings. The second-order valence-electron chi connectivity index (χ2n) is 9.80. The van der Waals surface area contributed by atoms with Crippen LogP contribution in [-0.4, -0.2) is 38.3 Å². The summed E-state index contributed by atoms with van der Waals surface area (Å²) in [6.45, 7) is 1.51. The van der Waals surface area contributed by atoms with Crippen LogP contribution < -0.4 is 15.4 Å². The second kappa shape index (κ2) is 8.04. The van der Waals surface area contributed by atoms with Crippen LogP contribution in [0, 0.1) is 17.8 Å². The number of thiocarbonyl (C=S) groups is 1. The molecule has 4 bridgehead atoms. The van der Waals surface area contributed by atoms with Crippen molar-refractivity contribution in [2.24, 2.45) is 17.8 Å². The maximum absolute atomic E-state index is 13.1. The van der Waals surface area contributed by atoms with Gasteiger partial charge in [-0.25, -0.2) is 13.1 Å². The van der Waals surface area contributed by atoms with E-state index >= 15 is 0 Å². The topological polar surface area (TPSA) is 79.5 Å². The first kappa shape index (κ1) is 20.7. The summed E-state index contributed by atoms with van der Waals surface area (Å²) in [6.07, 6.45) is 9.26. The molecule has 1 unspecified atom stereocenters. The van der Waals surface area contributed by atoms with Gasteiger partial charge in [0.15, 0.2) is 5.11 Å². The number of hydrogen-bond acceptors (Lipinski definition) is 4. The van der Waals surface area contributed by atoms with Crippen molar-refractivity contribution >= 4 is 33.0 Å². The Morgan fingerprint density at radius 3 is 2.27 bits per heavy atom. The van der Waals surface area contributed by atoms with Crippen molar-refractivity contribution in [3.8, 4) is 0 Å². The second-order valence-corrected chi connectivity index (χ2v) is 11.9. The van der Waals surface area contributed by atoms with E-state index in [0.717, 1.165) is 44.4 Å². The highest BCUT2D eigenvalue weighted by Gasteiger charge is 2.52. The highest BCUT2D eigenvalue weighted by Crippen LogP contribution is 2.55. The average Bonchev–Trinajstić information content (AvgIpc) is 3.18. The third-order valence-corrected chi connectivity index (χ3v) is 9.17. The first-order valence-corrected chi connectivity index (χ1v) is 13.1. The van der Waals surface area contributed by atoms with Crippen molar-refractivity contribution in [1.82, 2.24) is 10.0 Å². The van der Waals surface area contributed by atoms with Crippen molar-refractivity contribution in [3.63, 3.8) is 0 Å². The van der Waals surface area contributed by atoms with Gasteiger partial charge in [0.05, 0.1) is 11.0 Å². The zero-order valence-electron chi connectivity index (χ0n) is 17.2. The van der Waals surface area contributed by atoms with Crippen LogP contribution >= 0.6 is 12.2 Å². The first-order valence-electron chi connectivity index (χ1n) is 11.2. The summed E-state index contributed by atoms with van der Waals surface area (Å²) >= 11 is 5.34. The Kier molecular flexibility index (Phi) is 5.54. The Morgan fingerprint density at radius 2 is 1.70 bits per heavy atom. The van der Waals surface area contributed by atoms with Crippen molar-refractivity contribution < 1.29 is 13.2 Å². The van der Waals surface area contributed by atoms with Crippen LogP contribution in [0.2, 0.25) is 0 Å². The molecule has 0 spiro atoms. The molecule has 1 atom stereocenters. The third-order valence-electron chi connectivity index (χ3n) is 7.33. The standard InChI is InChI=1S/C22H31N3O3S2/c26-30(27,25-22-11-15-8-16(12-22)10-17(9-15)13-22)20-5-3-18(4-6-20)24-21(29)23-14-19-2-1-7-28-19/h3-6,15-17,19,25H,1-2,7-14H2,(H2,23,24,29). The average molecular weight is 450 g/mol. The van der Waals surface area contributed by atoms with Gasteiger partial charge in [0.25, 0.3) is 0 Å². The lowest BCUT2D eigenvalue weighted by Crippen LogP contribution is -2.59. The molecule has 0 aromatic heterocycles. The minimum Gasteiger partial charge on any atom is -0.376 e. The molecule has 30 heavy (non-hydrogen) atoms. The van der Waals surface area contributed by atoms with Gasteiger partial charge in [-0.05, 0) is 106 Å². The minimum absolute atomic E-state index is 0.216. The number of ether oxygens (including phenoxy) is 1. The lowest BCUT2D eigenvalue weighted by molar-refractivity contribution is -0.00810. The van der Waals surface area contributed by atoms with Crippen LogP contribution in [0.4, 0.5) is 5.69 Å². The largest absolute Gasteiger partial charge is 0.376 e. The van der Waals surface area contributed by atoms with Gasteiger partial charge in [-0.3, -0.25) is 0 Å². The van der Waals surface area contributed by atoms with Gasteiger partial charge < -0.3 is 15.4 Å². The number of anilines is 1. The van der Waals surface area contributed by atoms with Gasteiger partial charge >= 0.3 is 0 Å². The van der Waals surface area contributed by atoms with E-state index in [1.165, 1.54) is 19.3 Å². The Labute approximate surface area is 184 Å². The number of nitrogens with one attached hydrogen (secondary N) is 3. The molecule has 1 aromatic rings. The smallest absolute Gasteiger partial charge is 0.241 e. The van der Waals surface area contributed by atoms with Crippen molar-refractivity contribution in [2.75, 3.05) is 18.5 Å². The molecule has 0 radical (unpaired) electrons. The van der Waals surface area contributed by atoms with Gasteiger partial charge in [-0.1, -0.05) is 0 Å². The molecule has 1 aliphatic heterocycles. The number of rotatable bonds is 6. The zero-order chi connectivity index (χ0) is 20.8. The Morgan fingerprint density at radius 1 is 1.07 bits per heavy atom. The Hall–Kier alpha value is -1.22. The molecule has 1 heterocycles. The Balaban J connectivity index is 1.20. The van der Waals surface area contributed by atoms with Gasteiger partial charge in [0.2, 0.25) is 10.0 Å².